The van der Waals surface area contributed by atoms with Crippen molar-refractivity contribution in [3.63, 3.8) is 0 Å². The summed E-state index contributed by atoms with van der Waals surface area (Å²) in [5.41, 5.74) is 2.11. The van der Waals surface area contributed by atoms with Crippen LogP contribution in [-0.4, -0.2) is 17.7 Å². The Morgan fingerprint density at radius 1 is 1.50 bits per heavy atom. The second-order valence-electron chi connectivity index (χ2n) is 4.02. The summed E-state index contributed by atoms with van der Waals surface area (Å²) in [6.45, 7) is 12.5. The summed E-state index contributed by atoms with van der Waals surface area (Å²) in [5.74, 6) is 0. The smallest absolute Gasteiger partial charge is 0.307 e. The van der Waals surface area contributed by atoms with Crippen LogP contribution in [0.15, 0.2) is 16.9 Å². The lowest BCUT2D eigenvalue weighted by Crippen LogP contribution is -2.23. The molecule has 1 heterocycles. The zero-order valence-electron chi connectivity index (χ0n) is 10.3. The van der Waals surface area contributed by atoms with E-state index in [9.17, 15) is 4.79 Å². The van der Waals surface area contributed by atoms with Crippen LogP contribution >= 0.6 is 11.3 Å². The second kappa shape index (κ2) is 6.01. The van der Waals surface area contributed by atoms with Gasteiger partial charge in [0, 0.05) is 23.7 Å². The van der Waals surface area contributed by atoms with Crippen LogP contribution < -0.4 is 10.2 Å². The Bertz CT molecular complexity index is 417. The van der Waals surface area contributed by atoms with Gasteiger partial charge in [-0.1, -0.05) is 24.8 Å². The van der Waals surface area contributed by atoms with E-state index in [1.165, 1.54) is 11.3 Å². The molecular weight excluding hydrogens is 220 g/mol. The standard InChI is InChI=1S/C12H20N2OS/c1-5-6-13-7-9(2)8-14-10(3)11(4)16-12(14)15/h13H,2,5-8H2,1,3-4H3. The van der Waals surface area contributed by atoms with E-state index in [0.717, 1.165) is 35.7 Å². The summed E-state index contributed by atoms with van der Waals surface area (Å²) in [4.78, 5) is 12.9. The molecule has 90 valence electrons. The van der Waals surface area contributed by atoms with Crippen LogP contribution in [0, 0.1) is 13.8 Å². The van der Waals surface area contributed by atoms with Gasteiger partial charge in [-0.15, -0.1) is 0 Å². The molecule has 0 atom stereocenters. The van der Waals surface area contributed by atoms with Crippen LogP contribution in [0.3, 0.4) is 0 Å². The van der Waals surface area contributed by atoms with Crippen molar-refractivity contribution < 1.29 is 0 Å². The van der Waals surface area contributed by atoms with Crippen LogP contribution in [0.2, 0.25) is 0 Å². The van der Waals surface area contributed by atoms with Crippen molar-refractivity contribution in [2.75, 3.05) is 13.1 Å². The normalized spacial score (nSPS) is 10.7. The molecule has 0 aliphatic carbocycles. The van der Waals surface area contributed by atoms with Crippen LogP contribution in [0.4, 0.5) is 0 Å². The van der Waals surface area contributed by atoms with E-state index in [1.807, 2.05) is 13.8 Å². The lowest BCUT2D eigenvalue weighted by Gasteiger charge is -2.09. The Hall–Kier alpha value is -0.870. The molecule has 1 aromatic heterocycles. The van der Waals surface area contributed by atoms with Gasteiger partial charge in [0.2, 0.25) is 0 Å². The summed E-state index contributed by atoms with van der Waals surface area (Å²) in [5, 5.41) is 3.29. The van der Waals surface area contributed by atoms with Crippen molar-refractivity contribution in [3.05, 3.63) is 32.4 Å². The van der Waals surface area contributed by atoms with Gasteiger partial charge in [0.1, 0.15) is 0 Å². The van der Waals surface area contributed by atoms with Gasteiger partial charge < -0.3 is 5.32 Å². The second-order valence-corrected chi connectivity index (χ2v) is 5.19. The molecule has 0 aliphatic rings. The number of nitrogens with zero attached hydrogens (tertiary/aromatic N) is 1. The molecule has 0 spiro atoms. The molecule has 0 radical (unpaired) electrons. The van der Waals surface area contributed by atoms with Crippen molar-refractivity contribution in [1.82, 2.24) is 9.88 Å². The first-order chi connectivity index (χ1) is 7.56. The summed E-state index contributed by atoms with van der Waals surface area (Å²) in [6.07, 6.45) is 1.11. The summed E-state index contributed by atoms with van der Waals surface area (Å²) < 4.78 is 1.80. The fourth-order valence-corrected chi connectivity index (χ4v) is 2.32. The fraction of sp³-hybridized carbons (Fsp3) is 0.583. The zero-order chi connectivity index (χ0) is 12.1. The SMILES string of the molecule is C=C(CNCCC)Cn1c(C)c(C)sc1=O. The van der Waals surface area contributed by atoms with E-state index in [-0.39, 0.29) is 4.87 Å². The third kappa shape index (κ3) is 3.32. The van der Waals surface area contributed by atoms with Crippen molar-refractivity contribution in [1.29, 1.82) is 0 Å². The van der Waals surface area contributed by atoms with E-state index in [1.54, 1.807) is 4.57 Å². The number of hydrogen-bond donors (Lipinski definition) is 1. The first-order valence-electron chi connectivity index (χ1n) is 5.60. The average molecular weight is 240 g/mol. The number of hydrogen-bond acceptors (Lipinski definition) is 3. The molecule has 1 aromatic rings. The molecule has 0 amide bonds. The third-order valence-corrected chi connectivity index (χ3v) is 3.56. The molecule has 0 aromatic carbocycles. The van der Waals surface area contributed by atoms with Crippen LogP contribution in [0.25, 0.3) is 0 Å². The highest BCUT2D eigenvalue weighted by molar-refractivity contribution is 7.09. The molecule has 0 unspecified atom stereocenters. The van der Waals surface area contributed by atoms with Crippen molar-refractivity contribution in [2.24, 2.45) is 0 Å². The van der Waals surface area contributed by atoms with Crippen LogP contribution in [0.1, 0.15) is 23.9 Å². The molecule has 16 heavy (non-hydrogen) atoms. The maximum absolute atomic E-state index is 11.6. The van der Waals surface area contributed by atoms with Crippen LogP contribution in [0.5, 0.6) is 0 Å². The minimum absolute atomic E-state index is 0.117. The minimum atomic E-state index is 0.117. The fourth-order valence-electron chi connectivity index (χ4n) is 1.49. The molecule has 4 heteroatoms. The summed E-state index contributed by atoms with van der Waals surface area (Å²) >= 11 is 1.31. The molecular formula is C12H20N2OS. The predicted octanol–water partition coefficient (Wildman–Crippen LogP) is 2.08. The number of nitrogens with one attached hydrogen (secondary N) is 1. The quantitative estimate of drug-likeness (QED) is 0.610. The van der Waals surface area contributed by atoms with Gasteiger partial charge in [0.15, 0.2) is 0 Å². The molecule has 0 aliphatic heterocycles. The predicted molar refractivity (Wildman–Crippen MR) is 70.4 cm³/mol. The lowest BCUT2D eigenvalue weighted by molar-refractivity contribution is 0.662. The molecule has 0 saturated carbocycles. The van der Waals surface area contributed by atoms with Gasteiger partial charge in [0.25, 0.3) is 0 Å². The largest absolute Gasteiger partial charge is 0.313 e. The summed E-state index contributed by atoms with van der Waals surface area (Å²) in [7, 11) is 0. The Labute approximate surface area is 101 Å². The molecule has 1 rings (SSSR count). The Balaban J connectivity index is 2.59. The maximum Gasteiger partial charge on any atom is 0.307 e. The highest BCUT2D eigenvalue weighted by Gasteiger charge is 2.07. The third-order valence-electron chi connectivity index (χ3n) is 2.56. The van der Waals surface area contributed by atoms with Gasteiger partial charge in [-0.05, 0) is 32.4 Å². The Morgan fingerprint density at radius 3 is 2.69 bits per heavy atom. The van der Waals surface area contributed by atoms with Gasteiger partial charge >= 0.3 is 4.87 Å². The summed E-state index contributed by atoms with van der Waals surface area (Å²) in [6, 6.07) is 0. The van der Waals surface area contributed by atoms with E-state index in [2.05, 4.69) is 18.8 Å². The van der Waals surface area contributed by atoms with E-state index >= 15 is 0 Å². The number of aryl methyl sites for hydroxylation is 1. The van der Waals surface area contributed by atoms with E-state index < -0.39 is 0 Å². The molecule has 3 nitrogen and oxygen atoms in total. The van der Waals surface area contributed by atoms with Crippen LogP contribution in [-0.2, 0) is 6.54 Å². The Morgan fingerprint density at radius 2 is 2.19 bits per heavy atom. The van der Waals surface area contributed by atoms with Gasteiger partial charge in [-0.3, -0.25) is 9.36 Å². The Kier molecular flexibility index (Phi) is 4.96. The number of aromatic nitrogens is 1. The lowest BCUT2D eigenvalue weighted by atomic mass is 10.3. The number of thiazole rings is 1. The average Bonchev–Trinajstić information content (AvgIpc) is 2.46. The van der Waals surface area contributed by atoms with Gasteiger partial charge in [0.05, 0.1) is 0 Å². The molecule has 1 N–H and O–H groups in total. The topological polar surface area (TPSA) is 34.0 Å². The highest BCUT2D eigenvalue weighted by Crippen LogP contribution is 2.10. The van der Waals surface area contributed by atoms with E-state index in [0.29, 0.717) is 6.54 Å². The first-order valence-corrected chi connectivity index (χ1v) is 6.42. The highest BCUT2D eigenvalue weighted by atomic mass is 32.1. The molecule has 0 bridgehead atoms. The van der Waals surface area contributed by atoms with Gasteiger partial charge in [-0.2, -0.15) is 0 Å². The maximum atomic E-state index is 11.6. The van der Waals surface area contributed by atoms with E-state index in [4.69, 9.17) is 0 Å². The minimum Gasteiger partial charge on any atom is -0.313 e. The molecule has 0 fully saturated rings. The zero-order valence-corrected chi connectivity index (χ0v) is 11.1. The first kappa shape index (κ1) is 13.2. The van der Waals surface area contributed by atoms with Crippen molar-refractivity contribution in [2.45, 2.75) is 33.7 Å². The molecule has 0 saturated heterocycles. The number of rotatable bonds is 6. The monoisotopic (exact) mass is 240 g/mol. The van der Waals surface area contributed by atoms with Crippen molar-refractivity contribution >= 4 is 11.3 Å². The van der Waals surface area contributed by atoms with Gasteiger partial charge in [-0.25, -0.2) is 0 Å². The van der Waals surface area contributed by atoms with Crippen molar-refractivity contribution in [3.8, 4) is 0 Å².